The van der Waals surface area contributed by atoms with Crippen molar-refractivity contribution in [2.24, 2.45) is 5.92 Å². The number of sulfone groups is 1. The Morgan fingerprint density at radius 2 is 1.95 bits per heavy atom. The largest absolute Gasteiger partial charge is 0.312 e. The van der Waals surface area contributed by atoms with Gasteiger partial charge in [0.1, 0.15) is 10.3 Å². The molecule has 0 fully saturated rings. The fourth-order valence-corrected chi connectivity index (χ4v) is 3.79. The maximum Gasteiger partial charge on any atom is 0.156 e. The smallest absolute Gasteiger partial charge is 0.156 e. The van der Waals surface area contributed by atoms with Gasteiger partial charge in [-0.3, -0.25) is 0 Å². The topological polar surface area (TPSA) is 59.1 Å². The second kappa shape index (κ2) is 6.81. The van der Waals surface area contributed by atoms with Crippen molar-refractivity contribution in [3.05, 3.63) is 15.6 Å². The average molecular weight is 304 g/mol. The molecule has 1 rings (SSSR count). The molecule has 0 bridgehead atoms. The molecule has 1 heterocycles. The van der Waals surface area contributed by atoms with Crippen LogP contribution in [0.25, 0.3) is 0 Å². The third kappa shape index (κ3) is 4.85. The molecular weight excluding hydrogens is 280 g/mol. The van der Waals surface area contributed by atoms with E-state index in [4.69, 9.17) is 0 Å². The summed E-state index contributed by atoms with van der Waals surface area (Å²) in [5.74, 6) is 0.604. The van der Waals surface area contributed by atoms with E-state index in [2.05, 4.69) is 31.1 Å². The molecule has 0 aliphatic heterocycles. The van der Waals surface area contributed by atoms with E-state index in [1.807, 2.05) is 0 Å². The van der Waals surface area contributed by atoms with E-state index in [0.717, 1.165) is 30.1 Å². The molecule has 0 saturated heterocycles. The summed E-state index contributed by atoms with van der Waals surface area (Å²) in [5.41, 5.74) is 1.02. The van der Waals surface area contributed by atoms with Crippen molar-refractivity contribution in [2.45, 2.75) is 45.9 Å². The number of thiazole rings is 1. The normalized spacial score (nSPS) is 14.0. The van der Waals surface area contributed by atoms with Crippen LogP contribution < -0.4 is 5.32 Å². The Balaban J connectivity index is 2.85. The minimum atomic E-state index is -3.07. The van der Waals surface area contributed by atoms with Crippen LogP contribution in [0, 0.1) is 5.92 Å². The molecule has 0 radical (unpaired) electrons. The van der Waals surface area contributed by atoms with E-state index in [1.54, 1.807) is 6.92 Å². The molecule has 0 spiro atoms. The lowest BCUT2D eigenvalue weighted by molar-refractivity contribution is 0.553. The zero-order valence-electron chi connectivity index (χ0n) is 12.4. The van der Waals surface area contributed by atoms with Crippen molar-refractivity contribution >= 4 is 21.2 Å². The van der Waals surface area contributed by atoms with Gasteiger partial charge in [0, 0.05) is 17.7 Å². The van der Waals surface area contributed by atoms with Crippen molar-refractivity contribution in [3.63, 3.8) is 0 Å². The third-order valence-electron chi connectivity index (χ3n) is 2.96. The van der Waals surface area contributed by atoms with Crippen LogP contribution in [0.3, 0.4) is 0 Å². The molecule has 1 aromatic rings. The van der Waals surface area contributed by atoms with E-state index in [9.17, 15) is 8.42 Å². The van der Waals surface area contributed by atoms with Crippen LogP contribution in [0.4, 0.5) is 0 Å². The summed E-state index contributed by atoms with van der Waals surface area (Å²) in [7, 11) is -3.07. The Morgan fingerprint density at radius 1 is 1.32 bits per heavy atom. The summed E-state index contributed by atoms with van der Waals surface area (Å²) in [5, 5.41) is 3.58. The highest BCUT2D eigenvalue weighted by Gasteiger charge is 2.22. The second-order valence-corrected chi connectivity index (χ2v) is 8.75. The fourth-order valence-electron chi connectivity index (χ4n) is 1.65. The van der Waals surface area contributed by atoms with Gasteiger partial charge in [-0.05, 0) is 25.8 Å². The molecule has 4 nitrogen and oxygen atoms in total. The maximum atomic E-state index is 11.6. The van der Waals surface area contributed by atoms with Gasteiger partial charge in [0.05, 0.1) is 5.69 Å². The molecule has 0 amide bonds. The van der Waals surface area contributed by atoms with E-state index in [1.165, 1.54) is 17.6 Å². The predicted octanol–water partition coefficient (Wildman–Crippen LogP) is 2.56. The van der Waals surface area contributed by atoms with E-state index in [0.29, 0.717) is 10.9 Å². The molecule has 19 heavy (non-hydrogen) atoms. The van der Waals surface area contributed by atoms with Gasteiger partial charge in [-0.15, -0.1) is 11.3 Å². The Bertz CT molecular complexity index is 507. The minimum absolute atomic E-state index is 0.512. The molecule has 110 valence electrons. The average Bonchev–Trinajstić information content (AvgIpc) is 2.69. The molecule has 0 saturated carbocycles. The first kappa shape index (κ1) is 16.6. The molecule has 0 aromatic carbocycles. The number of aromatic nitrogens is 1. The molecule has 1 N–H and O–H groups in total. The maximum absolute atomic E-state index is 11.6. The highest BCUT2D eigenvalue weighted by Crippen LogP contribution is 2.28. The molecular formula is C13H24N2O2S2. The van der Waals surface area contributed by atoms with Gasteiger partial charge in [0.2, 0.25) is 0 Å². The SMILES string of the molecule is CCc1nc(C(C)S(C)(=O)=O)sc1CNCC(C)C. The number of rotatable bonds is 7. The summed E-state index contributed by atoms with van der Waals surface area (Å²) in [6, 6.07) is 0. The van der Waals surface area contributed by atoms with Crippen molar-refractivity contribution in [3.8, 4) is 0 Å². The zero-order chi connectivity index (χ0) is 14.6. The summed E-state index contributed by atoms with van der Waals surface area (Å²) < 4.78 is 23.2. The van der Waals surface area contributed by atoms with Gasteiger partial charge in [-0.1, -0.05) is 20.8 Å². The molecule has 1 aromatic heterocycles. The number of hydrogen-bond acceptors (Lipinski definition) is 5. The van der Waals surface area contributed by atoms with Crippen LogP contribution in [0.1, 0.15) is 48.5 Å². The van der Waals surface area contributed by atoms with Gasteiger partial charge in [-0.25, -0.2) is 13.4 Å². The lowest BCUT2D eigenvalue weighted by Gasteiger charge is -2.06. The Kier molecular flexibility index (Phi) is 5.95. The first-order valence-corrected chi connectivity index (χ1v) is 9.40. The van der Waals surface area contributed by atoms with Gasteiger partial charge in [0.25, 0.3) is 0 Å². The second-order valence-electron chi connectivity index (χ2n) is 5.27. The van der Waals surface area contributed by atoms with Gasteiger partial charge in [-0.2, -0.15) is 0 Å². The molecule has 0 aliphatic rings. The highest BCUT2D eigenvalue weighted by atomic mass is 32.2. The van der Waals surface area contributed by atoms with Crippen LogP contribution in [0.15, 0.2) is 0 Å². The first-order chi connectivity index (χ1) is 8.75. The summed E-state index contributed by atoms with van der Waals surface area (Å²) in [4.78, 5) is 5.65. The van der Waals surface area contributed by atoms with Crippen molar-refractivity contribution in [1.82, 2.24) is 10.3 Å². The highest BCUT2D eigenvalue weighted by molar-refractivity contribution is 7.91. The molecule has 6 heteroatoms. The monoisotopic (exact) mass is 304 g/mol. The van der Waals surface area contributed by atoms with Crippen LogP contribution in [-0.4, -0.2) is 26.2 Å². The standard InChI is InChI=1S/C13H24N2O2S2/c1-6-11-12(8-14-7-9(2)3)18-13(15-11)10(4)19(5,16)17/h9-10,14H,6-8H2,1-5H3. The van der Waals surface area contributed by atoms with Crippen LogP contribution in [0.2, 0.25) is 0 Å². The molecule has 0 aliphatic carbocycles. The number of nitrogens with zero attached hydrogens (tertiary/aromatic N) is 1. The van der Waals surface area contributed by atoms with Gasteiger partial charge in [0.15, 0.2) is 9.84 Å². The number of aryl methyl sites for hydroxylation is 1. The predicted molar refractivity (Wildman–Crippen MR) is 81.3 cm³/mol. The van der Waals surface area contributed by atoms with Crippen LogP contribution in [-0.2, 0) is 22.8 Å². The molecule has 1 atom stereocenters. The van der Waals surface area contributed by atoms with Crippen molar-refractivity contribution in [1.29, 1.82) is 0 Å². The third-order valence-corrected chi connectivity index (χ3v) is 5.90. The number of hydrogen-bond donors (Lipinski definition) is 1. The van der Waals surface area contributed by atoms with Crippen molar-refractivity contribution < 1.29 is 8.42 Å². The first-order valence-electron chi connectivity index (χ1n) is 6.63. The summed E-state index contributed by atoms with van der Waals surface area (Å²) >= 11 is 1.52. The molecule has 1 unspecified atom stereocenters. The minimum Gasteiger partial charge on any atom is -0.312 e. The van der Waals surface area contributed by atoms with Crippen LogP contribution in [0.5, 0.6) is 0 Å². The zero-order valence-corrected chi connectivity index (χ0v) is 14.0. The van der Waals surface area contributed by atoms with Crippen molar-refractivity contribution in [2.75, 3.05) is 12.8 Å². The quantitative estimate of drug-likeness (QED) is 0.841. The van der Waals surface area contributed by atoms with E-state index < -0.39 is 15.1 Å². The fraction of sp³-hybridized carbons (Fsp3) is 0.769. The lowest BCUT2D eigenvalue weighted by Crippen LogP contribution is -2.18. The van der Waals surface area contributed by atoms with Gasteiger partial charge >= 0.3 is 0 Å². The van der Waals surface area contributed by atoms with Gasteiger partial charge < -0.3 is 5.32 Å². The Morgan fingerprint density at radius 3 is 2.42 bits per heavy atom. The Hall–Kier alpha value is -0.460. The van der Waals surface area contributed by atoms with E-state index in [-0.39, 0.29) is 0 Å². The summed E-state index contributed by atoms with van der Waals surface area (Å²) in [6.07, 6.45) is 2.10. The van der Waals surface area contributed by atoms with Crippen LogP contribution >= 0.6 is 11.3 Å². The lowest BCUT2D eigenvalue weighted by atomic mass is 10.2. The van der Waals surface area contributed by atoms with E-state index >= 15 is 0 Å². The Labute approximate surface area is 120 Å². The summed E-state index contributed by atoms with van der Waals surface area (Å²) in [6.45, 7) is 9.82. The number of nitrogens with one attached hydrogen (secondary N) is 1.